The fourth-order valence-corrected chi connectivity index (χ4v) is 1.86. The van der Waals surface area contributed by atoms with Gasteiger partial charge in [-0.3, -0.25) is 0 Å². The molecule has 4 heteroatoms. The third-order valence-corrected chi connectivity index (χ3v) is 2.89. The number of anilines is 1. The smallest absolute Gasteiger partial charge is 0.0642 e. The zero-order chi connectivity index (χ0) is 11.4. The minimum atomic E-state index is -0.279. The van der Waals surface area contributed by atoms with E-state index in [0.29, 0.717) is 0 Å². The van der Waals surface area contributed by atoms with Crippen LogP contribution in [0.15, 0.2) is 24.3 Å². The number of hydrogen-bond acceptors (Lipinski definition) is 4. The SMILES string of the molecule is N[C@@H](CO)c1ccc(N2CCOCC2)cc1. The third kappa shape index (κ3) is 2.52. The van der Waals surface area contributed by atoms with Crippen molar-refractivity contribution in [1.82, 2.24) is 0 Å². The van der Waals surface area contributed by atoms with Crippen molar-refractivity contribution in [2.24, 2.45) is 5.73 Å². The largest absolute Gasteiger partial charge is 0.394 e. The minimum absolute atomic E-state index is 0.0170. The van der Waals surface area contributed by atoms with Crippen molar-refractivity contribution >= 4 is 5.69 Å². The van der Waals surface area contributed by atoms with E-state index in [1.165, 1.54) is 5.69 Å². The van der Waals surface area contributed by atoms with Crippen LogP contribution in [-0.2, 0) is 4.74 Å². The summed E-state index contributed by atoms with van der Waals surface area (Å²) in [7, 11) is 0. The predicted octanol–water partition coefficient (Wildman–Crippen LogP) is 0.515. The molecule has 0 aromatic heterocycles. The molecular weight excluding hydrogens is 204 g/mol. The molecule has 88 valence electrons. The molecule has 1 aromatic carbocycles. The number of benzene rings is 1. The fourth-order valence-electron chi connectivity index (χ4n) is 1.86. The first-order valence-electron chi connectivity index (χ1n) is 5.60. The predicted molar refractivity (Wildman–Crippen MR) is 63.5 cm³/mol. The molecule has 1 aliphatic heterocycles. The average molecular weight is 222 g/mol. The molecule has 1 aliphatic rings. The van der Waals surface area contributed by atoms with Gasteiger partial charge >= 0.3 is 0 Å². The molecule has 0 radical (unpaired) electrons. The van der Waals surface area contributed by atoms with E-state index in [4.69, 9.17) is 15.6 Å². The Labute approximate surface area is 95.6 Å². The van der Waals surface area contributed by atoms with Crippen LogP contribution < -0.4 is 10.6 Å². The Hall–Kier alpha value is -1.10. The van der Waals surface area contributed by atoms with Crippen LogP contribution in [0.1, 0.15) is 11.6 Å². The van der Waals surface area contributed by atoms with Crippen molar-refractivity contribution in [2.75, 3.05) is 37.8 Å². The molecule has 1 heterocycles. The van der Waals surface area contributed by atoms with Gasteiger partial charge in [0, 0.05) is 18.8 Å². The summed E-state index contributed by atoms with van der Waals surface area (Å²) >= 11 is 0. The minimum Gasteiger partial charge on any atom is -0.394 e. The maximum Gasteiger partial charge on any atom is 0.0642 e. The molecule has 4 nitrogen and oxygen atoms in total. The molecule has 3 N–H and O–H groups in total. The maximum absolute atomic E-state index is 8.95. The van der Waals surface area contributed by atoms with Crippen molar-refractivity contribution in [3.8, 4) is 0 Å². The van der Waals surface area contributed by atoms with Gasteiger partial charge < -0.3 is 20.5 Å². The number of aliphatic hydroxyl groups is 1. The van der Waals surface area contributed by atoms with Crippen LogP contribution in [0.5, 0.6) is 0 Å². The van der Waals surface area contributed by atoms with Crippen molar-refractivity contribution in [3.05, 3.63) is 29.8 Å². The number of rotatable bonds is 3. The number of morpholine rings is 1. The molecule has 0 unspecified atom stereocenters. The molecule has 0 bridgehead atoms. The van der Waals surface area contributed by atoms with Gasteiger partial charge in [-0.1, -0.05) is 12.1 Å². The second kappa shape index (κ2) is 5.30. The first kappa shape index (κ1) is 11.4. The monoisotopic (exact) mass is 222 g/mol. The second-order valence-electron chi connectivity index (χ2n) is 3.98. The molecule has 1 aromatic rings. The number of ether oxygens (including phenoxy) is 1. The lowest BCUT2D eigenvalue weighted by Gasteiger charge is -2.29. The Morgan fingerprint density at radius 2 is 1.88 bits per heavy atom. The summed E-state index contributed by atoms with van der Waals surface area (Å²) < 4.78 is 5.31. The van der Waals surface area contributed by atoms with Crippen LogP contribution in [0.25, 0.3) is 0 Å². The van der Waals surface area contributed by atoms with Crippen molar-refractivity contribution < 1.29 is 9.84 Å². The van der Waals surface area contributed by atoms with E-state index in [1.807, 2.05) is 12.1 Å². The summed E-state index contributed by atoms with van der Waals surface area (Å²) in [6.45, 7) is 3.43. The Kier molecular flexibility index (Phi) is 3.77. The summed E-state index contributed by atoms with van der Waals surface area (Å²) in [4.78, 5) is 2.29. The molecule has 1 fully saturated rings. The third-order valence-electron chi connectivity index (χ3n) is 2.89. The Bertz CT molecular complexity index is 320. The number of nitrogens with zero attached hydrogens (tertiary/aromatic N) is 1. The summed E-state index contributed by atoms with van der Waals surface area (Å²) in [5.74, 6) is 0. The van der Waals surface area contributed by atoms with E-state index < -0.39 is 0 Å². The molecular formula is C12H18N2O2. The van der Waals surface area contributed by atoms with Crippen LogP contribution in [0.4, 0.5) is 5.69 Å². The highest BCUT2D eigenvalue weighted by Gasteiger charge is 2.11. The normalized spacial score (nSPS) is 18.5. The second-order valence-corrected chi connectivity index (χ2v) is 3.98. The van der Waals surface area contributed by atoms with Crippen molar-refractivity contribution in [2.45, 2.75) is 6.04 Å². The topological polar surface area (TPSA) is 58.7 Å². The lowest BCUT2D eigenvalue weighted by atomic mass is 10.1. The Balaban J connectivity index is 2.06. The van der Waals surface area contributed by atoms with Crippen LogP contribution in [0.3, 0.4) is 0 Å². The van der Waals surface area contributed by atoms with E-state index in [-0.39, 0.29) is 12.6 Å². The molecule has 16 heavy (non-hydrogen) atoms. The van der Waals surface area contributed by atoms with Crippen molar-refractivity contribution in [3.63, 3.8) is 0 Å². The van der Waals surface area contributed by atoms with Gasteiger partial charge in [-0.05, 0) is 17.7 Å². The highest BCUT2D eigenvalue weighted by molar-refractivity contribution is 5.48. The molecule has 0 saturated carbocycles. The lowest BCUT2D eigenvalue weighted by Crippen LogP contribution is -2.36. The first-order valence-corrected chi connectivity index (χ1v) is 5.60. The van der Waals surface area contributed by atoms with E-state index in [2.05, 4.69) is 17.0 Å². The van der Waals surface area contributed by atoms with E-state index in [9.17, 15) is 0 Å². The van der Waals surface area contributed by atoms with Crippen LogP contribution in [0.2, 0.25) is 0 Å². The fraction of sp³-hybridized carbons (Fsp3) is 0.500. The van der Waals surface area contributed by atoms with Gasteiger partial charge in [-0.2, -0.15) is 0 Å². The molecule has 1 atom stereocenters. The number of aliphatic hydroxyl groups excluding tert-OH is 1. The zero-order valence-electron chi connectivity index (χ0n) is 9.30. The molecule has 0 aliphatic carbocycles. The van der Waals surface area contributed by atoms with Crippen molar-refractivity contribution in [1.29, 1.82) is 0 Å². The van der Waals surface area contributed by atoms with Gasteiger partial charge in [0.15, 0.2) is 0 Å². The lowest BCUT2D eigenvalue weighted by molar-refractivity contribution is 0.122. The van der Waals surface area contributed by atoms with Crippen LogP contribution in [-0.4, -0.2) is 38.0 Å². The maximum atomic E-state index is 8.95. The zero-order valence-corrected chi connectivity index (χ0v) is 9.30. The van der Waals surface area contributed by atoms with Crippen LogP contribution >= 0.6 is 0 Å². The highest BCUT2D eigenvalue weighted by atomic mass is 16.5. The van der Waals surface area contributed by atoms with Gasteiger partial charge in [-0.15, -0.1) is 0 Å². The van der Waals surface area contributed by atoms with E-state index >= 15 is 0 Å². The number of nitrogens with two attached hydrogens (primary N) is 1. The van der Waals surface area contributed by atoms with Gasteiger partial charge in [-0.25, -0.2) is 0 Å². The highest BCUT2D eigenvalue weighted by Crippen LogP contribution is 2.18. The van der Waals surface area contributed by atoms with Gasteiger partial charge in [0.25, 0.3) is 0 Å². The van der Waals surface area contributed by atoms with Gasteiger partial charge in [0.1, 0.15) is 0 Å². The molecule has 1 saturated heterocycles. The average Bonchev–Trinajstić information content (AvgIpc) is 2.39. The summed E-state index contributed by atoms with van der Waals surface area (Å²) in [5, 5.41) is 8.95. The molecule has 0 spiro atoms. The summed E-state index contributed by atoms with van der Waals surface area (Å²) in [6, 6.07) is 7.78. The molecule has 2 rings (SSSR count). The van der Waals surface area contributed by atoms with E-state index in [1.54, 1.807) is 0 Å². The summed E-state index contributed by atoms with van der Waals surface area (Å²) in [6.07, 6.45) is 0. The standard InChI is InChI=1S/C12H18N2O2/c13-12(9-15)10-1-3-11(4-2-10)14-5-7-16-8-6-14/h1-4,12,15H,5-9,13H2/t12-/m0/s1. The van der Waals surface area contributed by atoms with E-state index in [0.717, 1.165) is 31.9 Å². The Morgan fingerprint density at radius 3 is 2.44 bits per heavy atom. The first-order chi connectivity index (χ1) is 7.81. The quantitative estimate of drug-likeness (QED) is 0.782. The Morgan fingerprint density at radius 1 is 1.25 bits per heavy atom. The summed E-state index contributed by atoms with van der Waals surface area (Å²) in [5.41, 5.74) is 7.90. The van der Waals surface area contributed by atoms with Gasteiger partial charge in [0.2, 0.25) is 0 Å². The van der Waals surface area contributed by atoms with Gasteiger partial charge in [0.05, 0.1) is 25.9 Å². The molecule has 0 amide bonds. The van der Waals surface area contributed by atoms with Crippen LogP contribution in [0, 0.1) is 0 Å². The number of hydrogen-bond donors (Lipinski definition) is 2.